The molecule has 1 heterocycles. The average Bonchev–Trinajstić information content (AvgIpc) is 2.41. The number of hydrogen-bond donors (Lipinski definition) is 0. The molecule has 76 valence electrons. The highest BCUT2D eigenvalue weighted by Crippen LogP contribution is 2.41. The molecule has 0 saturated carbocycles. The second kappa shape index (κ2) is 3.15. The molecule has 0 radical (unpaired) electrons. The van der Waals surface area contributed by atoms with Crippen LogP contribution in [0.4, 0.5) is 13.2 Å². The van der Waals surface area contributed by atoms with Crippen molar-refractivity contribution in [3.05, 3.63) is 22.6 Å². The van der Waals surface area contributed by atoms with E-state index in [-0.39, 0.29) is 12.5 Å². The number of hydrogen-bond acceptors (Lipinski definition) is 2. The first kappa shape index (κ1) is 9.83. The molecule has 0 bridgehead atoms. The van der Waals surface area contributed by atoms with E-state index in [1.807, 2.05) is 6.92 Å². The first-order chi connectivity index (χ1) is 6.47. The van der Waals surface area contributed by atoms with Crippen LogP contribution in [0.2, 0.25) is 0 Å². The molecule has 14 heavy (non-hydrogen) atoms. The Morgan fingerprint density at radius 2 is 2.14 bits per heavy atom. The van der Waals surface area contributed by atoms with Gasteiger partial charge in [0, 0.05) is 16.9 Å². The number of thioether (sulfide) groups is 1. The summed E-state index contributed by atoms with van der Waals surface area (Å²) in [7, 11) is 0. The molecule has 0 amide bonds. The molecule has 1 atom stereocenters. The zero-order valence-electron chi connectivity index (χ0n) is 7.43. The third kappa shape index (κ3) is 1.73. The molecule has 0 aromatic heterocycles. The Labute approximate surface area is 83.8 Å². The SMILES string of the molecule is CC1=NC2CC(C(F)(F)F)=CC=C2S1. The maximum Gasteiger partial charge on any atom is 0.412 e. The zero-order chi connectivity index (χ0) is 10.3. The molecule has 1 unspecified atom stereocenters. The first-order valence-electron chi connectivity index (χ1n) is 4.17. The summed E-state index contributed by atoms with van der Waals surface area (Å²) in [6.07, 6.45) is -1.53. The zero-order valence-corrected chi connectivity index (χ0v) is 8.25. The van der Waals surface area contributed by atoms with Crippen LogP contribution in [0, 0.1) is 0 Å². The molecule has 0 fully saturated rings. The predicted molar refractivity (Wildman–Crippen MR) is 51.3 cm³/mol. The standard InChI is InChI=1S/C9H8F3NS/c1-5-13-7-4-6(9(10,11)12)2-3-8(7)14-5/h2-3,7H,4H2,1H3. The van der Waals surface area contributed by atoms with E-state index in [0.717, 1.165) is 16.0 Å². The highest BCUT2D eigenvalue weighted by Gasteiger charge is 2.38. The van der Waals surface area contributed by atoms with Gasteiger partial charge in [-0.25, -0.2) is 0 Å². The third-order valence-electron chi connectivity index (χ3n) is 2.16. The lowest BCUT2D eigenvalue weighted by molar-refractivity contribution is -0.0943. The van der Waals surface area contributed by atoms with Crippen molar-refractivity contribution < 1.29 is 13.2 Å². The van der Waals surface area contributed by atoms with Gasteiger partial charge in [-0.1, -0.05) is 17.8 Å². The van der Waals surface area contributed by atoms with Crippen molar-refractivity contribution in [2.45, 2.75) is 25.6 Å². The van der Waals surface area contributed by atoms with Crippen LogP contribution in [-0.2, 0) is 0 Å². The van der Waals surface area contributed by atoms with E-state index in [2.05, 4.69) is 4.99 Å². The second-order valence-corrected chi connectivity index (χ2v) is 4.50. The molecular formula is C9H8F3NS. The minimum absolute atomic E-state index is 0.0142. The van der Waals surface area contributed by atoms with Crippen molar-refractivity contribution in [2.75, 3.05) is 0 Å². The van der Waals surface area contributed by atoms with Gasteiger partial charge in [-0.3, -0.25) is 4.99 Å². The Balaban J connectivity index is 2.23. The Morgan fingerprint density at radius 1 is 1.43 bits per heavy atom. The molecule has 5 heteroatoms. The van der Waals surface area contributed by atoms with Gasteiger partial charge in [-0.05, 0) is 13.0 Å². The smallest absolute Gasteiger partial charge is 0.274 e. The summed E-state index contributed by atoms with van der Waals surface area (Å²) in [5, 5.41) is 0.845. The molecular weight excluding hydrogens is 211 g/mol. The van der Waals surface area contributed by atoms with E-state index < -0.39 is 11.7 Å². The summed E-state index contributed by atoms with van der Waals surface area (Å²) in [4.78, 5) is 5.07. The number of alkyl halides is 3. The van der Waals surface area contributed by atoms with Gasteiger partial charge in [-0.2, -0.15) is 13.2 Å². The molecule has 2 aliphatic rings. The highest BCUT2D eigenvalue weighted by atomic mass is 32.2. The molecule has 2 rings (SSSR count). The Bertz CT molecular complexity index is 352. The van der Waals surface area contributed by atoms with Gasteiger partial charge in [0.2, 0.25) is 0 Å². The summed E-state index contributed by atoms with van der Waals surface area (Å²) < 4.78 is 37.0. The van der Waals surface area contributed by atoms with Crippen LogP contribution in [0.3, 0.4) is 0 Å². The molecule has 1 nitrogen and oxygen atoms in total. The van der Waals surface area contributed by atoms with E-state index in [1.54, 1.807) is 0 Å². The predicted octanol–water partition coefficient (Wildman–Crippen LogP) is 3.30. The number of nitrogens with zero attached hydrogens (tertiary/aromatic N) is 1. The lowest BCUT2D eigenvalue weighted by atomic mass is 10.0. The summed E-state index contributed by atoms with van der Waals surface area (Å²) in [5.74, 6) is 0. The lowest BCUT2D eigenvalue weighted by Crippen LogP contribution is -2.19. The van der Waals surface area contributed by atoms with Gasteiger partial charge < -0.3 is 0 Å². The first-order valence-corrected chi connectivity index (χ1v) is 4.98. The number of aliphatic imine (C=N–C) groups is 1. The van der Waals surface area contributed by atoms with E-state index >= 15 is 0 Å². The molecule has 0 aromatic rings. The molecule has 1 aliphatic heterocycles. The largest absolute Gasteiger partial charge is 0.412 e. The number of rotatable bonds is 0. The molecule has 0 spiro atoms. The topological polar surface area (TPSA) is 12.4 Å². The van der Waals surface area contributed by atoms with E-state index in [4.69, 9.17) is 0 Å². The van der Waals surface area contributed by atoms with Crippen LogP contribution in [0.1, 0.15) is 13.3 Å². The van der Waals surface area contributed by atoms with Crippen molar-refractivity contribution in [1.29, 1.82) is 0 Å². The van der Waals surface area contributed by atoms with Crippen LogP contribution < -0.4 is 0 Å². The normalized spacial score (nSPS) is 26.6. The quantitative estimate of drug-likeness (QED) is 0.609. The average molecular weight is 219 g/mol. The van der Waals surface area contributed by atoms with Gasteiger partial charge in [0.1, 0.15) is 0 Å². The van der Waals surface area contributed by atoms with Gasteiger partial charge in [0.25, 0.3) is 0 Å². The van der Waals surface area contributed by atoms with Crippen LogP contribution in [0.15, 0.2) is 27.6 Å². The highest BCUT2D eigenvalue weighted by molar-refractivity contribution is 8.17. The van der Waals surface area contributed by atoms with Crippen LogP contribution >= 0.6 is 11.8 Å². The summed E-state index contributed by atoms with van der Waals surface area (Å²) in [5.41, 5.74) is -0.481. The van der Waals surface area contributed by atoms with Crippen molar-refractivity contribution >= 4 is 16.8 Å². The Kier molecular flexibility index (Phi) is 2.21. The van der Waals surface area contributed by atoms with Crippen molar-refractivity contribution in [3.63, 3.8) is 0 Å². The molecule has 0 saturated heterocycles. The van der Waals surface area contributed by atoms with Gasteiger partial charge in [-0.15, -0.1) is 0 Å². The maximum absolute atomic E-state index is 12.3. The Morgan fingerprint density at radius 3 is 2.79 bits per heavy atom. The van der Waals surface area contributed by atoms with Crippen molar-refractivity contribution in [2.24, 2.45) is 4.99 Å². The van der Waals surface area contributed by atoms with Crippen LogP contribution in [-0.4, -0.2) is 17.3 Å². The monoisotopic (exact) mass is 219 g/mol. The summed E-state index contributed by atoms with van der Waals surface area (Å²) in [6, 6.07) is -0.290. The third-order valence-corrected chi connectivity index (χ3v) is 3.20. The summed E-state index contributed by atoms with van der Waals surface area (Å²) >= 11 is 1.46. The Hall–Kier alpha value is -0.710. The van der Waals surface area contributed by atoms with E-state index in [9.17, 15) is 13.2 Å². The maximum atomic E-state index is 12.3. The molecule has 0 N–H and O–H groups in total. The van der Waals surface area contributed by atoms with Gasteiger partial charge in [0.15, 0.2) is 0 Å². The fourth-order valence-corrected chi connectivity index (χ4v) is 2.44. The van der Waals surface area contributed by atoms with Crippen molar-refractivity contribution in [3.8, 4) is 0 Å². The van der Waals surface area contributed by atoms with Crippen LogP contribution in [0.25, 0.3) is 0 Å². The fraction of sp³-hybridized carbons (Fsp3) is 0.444. The molecule has 0 aromatic carbocycles. The number of allylic oxidation sites excluding steroid dienone is 2. The van der Waals surface area contributed by atoms with Crippen molar-refractivity contribution in [1.82, 2.24) is 0 Å². The summed E-state index contributed by atoms with van der Waals surface area (Å²) in [6.45, 7) is 1.82. The lowest BCUT2D eigenvalue weighted by Gasteiger charge is -2.18. The van der Waals surface area contributed by atoms with Crippen LogP contribution in [0.5, 0.6) is 0 Å². The second-order valence-electron chi connectivity index (χ2n) is 3.23. The number of halogens is 3. The molecule has 1 aliphatic carbocycles. The van der Waals surface area contributed by atoms with E-state index in [0.29, 0.717) is 0 Å². The van der Waals surface area contributed by atoms with Gasteiger partial charge >= 0.3 is 6.18 Å². The van der Waals surface area contributed by atoms with Gasteiger partial charge in [0.05, 0.1) is 11.1 Å². The van der Waals surface area contributed by atoms with E-state index in [1.165, 1.54) is 17.8 Å². The number of fused-ring (bicyclic) bond motifs is 1. The minimum Gasteiger partial charge on any atom is -0.274 e. The minimum atomic E-state index is -4.21. The fourth-order valence-electron chi connectivity index (χ4n) is 1.51.